The largest absolute Gasteiger partial charge is 0.480 e. The second-order valence-electron chi connectivity index (χ2n) is 7.44. The van der Waals surface area contributed by atoms with Gasteiger partial charge in [0, 0.05) is 17.3 Å². The zero-order valence-corrected chi connectivity index (χ0v) is 18.8. The summed E-state index contributed by atoms with van der Waals surface area (Å²) in [5.41, 5.74) is 2.93. The van der Waals surface area contributed by atoms with Crippen molar-refractivity contribution in [1.82, 2.24) is 15.5 Å². The predicted octanol–water partition coefficient (Wildman–Crippen LogP) is 5.21. The van der Waals surface area contributed by atoms with Gasteiger partial charge in [0.05, 0.1) is 10.2 Å². The SMILES string of the molecule is CC(C)[C@@H](NC(=S)c1cc(-c2ccc(Nc3nc4ccc(F)cc4s3)cc2)no1)C(=O)O. The highest BCUT2D eigenvalue weighted by Gasteiger charge is 2.24. The normalized spacial score (nSPS) is 12.1. The van der Waals surface area contributed by atoms with Gasteiger partial charge in [0.25, 0.3) is 0 Å². The van der Waals surface area contributed by atoms with Crippen LogP contribution < -0.4 is 10.6 Å². The van der Waals surface area contributed by atoms with Crippen LogP contribution in [-0.4, -0.2) is 32.2 Å². The Morgan fingerprint density at radius 2 is 1.94 bits per heavy atom. The van der Waals surface area contributed by atoms with Crippen molar-refractivity contribution in [3.63, 3.8) is 0 Å². The summed E-state index contributed by atoms with van der Waals surface area (Å²) in [5.74, 6) is -1.13. The number of thiazole rings is 1. The molecule has 32 heavy (non-hydrogen) atoms. The number of hydrogen-bond acceptors (Lipinski definition) is 7. The summed E-state index contributed by atoms with van der Waals surface area (Å²) in [5, 5.41) is 20.0. The smallest absolute Gasteiger partial charge is 0.326 e. The minimum absolute atomic E-state index is 0.151. The van der Waals surface area contributed by atoms with E-state index >= 15 is 0 Å². The fourth-order valence-corrected chi connectivity index (χ4v) is 4.18. The Labute approximate surface area is 192 Å². The molecule has 4 aromatic rings. The van der Waals surface area contributed by atoms with E-state index in [9.17, 15) is 14.3 Å². The van der Waals surface area contributed by atoms with Crippen LogP contribution in [0.15, 0.2) is 53.1 Å². The van der Waals surface area contributed by atoms with Crippen molar-refractivity contribution in [2.45, 2.75) is 19.9 Å². The quantitative estimate of drug-likeness (QED) is 0.317. The Morgan fingerprint density at radius 1 is 1.19 bits per heavy atom. The zero-order chi connectivity index (χ0) is 22.8. The molecule has 0 spiro atoms. The highest BCUT2D eigenvalue weighted by atomic mass is 32.1. The van der Waals surface area contributed by atoms with E-state index in [1.165, 1.54) is 23.5 Å². The van der Waals surface area contributed by atoms with E-state index in [4.69, 9.17) is 16.7 Å². The third kappa shape index (κ3) is 4.76. The number of nitrogens with one attached hydrogen (secondary N) is 2. The maximum atomic E-state index is 13.4. The number of aromatic nitrogens is 2. The monoisotopic (exact) mass is 470 g/mol. The van der Waals surface area contributed by atoms with Crippen molar-refractivity contribution in [3.05, 3.63) is 60.1 Å². The Morgan fingerprint density at radius 3 is 2.62 bits per heavy atom. The van der Waals surface area contributed by atoms with Crippen LogP contribution in [0.1, 0.15) is 19.6 Å². The van der Waals surface area contributed by atoms with Crippen molar-refractivity contribution in [3.8, 4) is 11.3 Å². The molecule has 4 rings (SSSR count). The number of rotatable bonds is 7. The van der Waals surface area contributed by atoms with Gasteiger partial charge in [-0.15, -0.1) is 0 Å². The van der Waals surface area contributed by atoms with Crippen molar-refractivity contribution < 1.29 is 18.8 Å². The van der Waals surface area contributed by atoms with Crippen molar-refractivity contribution in [2.75, 3.05) is 5.32 Å². The van der Waals surface area contributed by atoms with Crippen LogP contribution >= 0.6 is 23.6 Å². The van der Waals surface area contributed by atoms with Gasteiger partial charge in [0.1, 0.15) is 22.5 Å². The number of nitrogens with zero attached hydrogens (tertiary/aromatic N) is 2. The first kappa shape index (κ1) is 21.8. The minimum Gasteiger partial charge on any atom is -0.480 e. The number of aliphatic carboxylic acids is 1. The van der Waals surface area contributed by atoms with E-state index in [0.717, 1.165) is 21.5 Å². The summed E-state index contributed by atoms with van der Waals surface area (Å²) in [6, 6.07) is 12.8. The molecule has 3 N–H and O–H groups in total. The lowest BCUT2D eigenvalue weighted by atomic mass is 10.0. The molecule has 164 valence electrons. The van der Waals surface area contributed by atoms with Crippen LogP contribution in [0.4, 0.5) is 15.2 Å². The van der Waals surface area contributed by atoms with Gasteiger partial charge in [-0.2, -0.15) is 0 Å². The van der Waals surface area contributed by atoms with Gasteiger partial charge in [-0.1, -0.05) is 54.7 Å². The number of anilines is 2. The number of benzene rings is 2. The van der Waals surface area contributed by atoms with Crippen LogP contribution in [-0.2, 0) is 4.79 Å². The first-order chi connectivity index (χ1) is 15.3. The second kappa shape index (κ2) is 9.01. The van der Waals surface area contributed by atoms with E-state index in [-0.39, 0.29) is 16.7 Å². The summed E-state index contributed by atoms with van der Waals surface area (Å²) in [4.78, 5) is 16.0. The van der Waals surface area contributed by atoms with Gasteiger partial charge in [-0.3, -0.25) is 0 Å². The Balaban J connectivity index is 1.45. The lowest BCUT2D eigenvalue weighted by Crippen LogP contribution is -2.43. The summed E-state index contributed by atoms with van der Waals surface area (Å²) in [7, 11) is 0. The van der Waals surface area contributed by atoms with Gasteiger partial charge in [-0.25, -0.2) is 14.2 Å². The Bertz CT molecular complexity index is 1280. The minimum atomic E-state index is -0.983. The number of hydrogen-bond donors (Lipinski definition) is 3. The summed E-state index contributed by atoms with van der Waals surface area (Å²) < 4.78 is 19.4. The third-order valence-corrected chi connectivity index (χ3v) is 5.99. The Hall–Kier alpha value is -3.37. The van der Waals surface area contributed by atoms with E-state index in [0.29, 0.717) is 16.6 Å². The molecule has 0 radical (unpaired) electrons. The standard InChI is InChI=1S/C22H19FN4O3S2/c1-11(2)19(21(28)29)26-20(31)17-10-16(27-30-17)12-3-6-14(7-4-12)24-22-25-15-8-5-13(23)9-18(15)32-22/h3-11,19H,1-2H3,(H,24,25)(H,26,31)(H,28,29)/t19-/m1/s1. The lowest BCUT2D eigenvalue weighted by Gasteiger charge is -2.18. The molecule has 0 aliphatic rings. The van der Waals surface area contributed by atoms with Crippen LogP contribution in [0.25, 0.3) is 21.5 Å². The number of halogens is 1. The van der Waals surface area contributed by atoms with Crippen LogP contribution in [0.2, 0.25) is 0 Å². The first-order valence-electron chi connectivity index (χ1n) is 9.74. The van der Waals surface area contributed by atoms with Gasteiger partial charge in [-0.05, 0) is 36.2 Å². The van der Waals surface area contributed by atoms with Gasteiger partial charge < -0.3 is 20.3 Å². The molecule has 0 fully saturated rings. The molecule has 0 aliphatic carbocycles. The lowest BCUT2D eigenvalue weighted by molar-refractivity contribution is -0.140. The van der Waals surface area contributed by atoms with Crippen molar-refractivity contribution >= 4 is 55.5 Å². The van der Waals surface area contributed by atoms with Gasteiger partial charge in [0.2, 0.25) is 0 Å². The summed E-state index contributed by atoms with van der Waals surface area (Å²) in [6.07, 6.45) is 0. The topological polar surface area (TPSA) is 100 Å². The van der Waals surface area contributed by atoms with Crippen LogP contribution in [0.3, 0.4) is 0 Å². The number of carboxylic acid groups (broad SMARTS) is 1. The van der Waals surface area contributed by atoms with Crippen molar-refractivity contribution in [2.24, 2.45) is 5.92 Å². The highest BCUT2D eigenvalue weighted by Crippen LogP contribution is 2.29. The zero-order valence-electron chi connectivity index (χ0n) is 17.1. The molecule has 2 heterocycles. The number of fused-ring (bicyclic) bond motifs is 1. The molecule has 0 unspecified atom stereocenters. The van der Waals surface area contributed by atoms with E-state index in [2.05, 4.69) is 20.8 Å². The molecule has 2 aromatic heterocycles. The van der Waals surface area contributed by atoms with Gasteiger partial charge >= 0.3 is 5.97 Å². The molecule has 0 saturated heterocycles. The highest BCUT2D eigenvalue weighted by molar-refractivity contribution is 7.80. The molecular weight excluding hydrogens is 451 g/mol. The predicted molar refractivity (Wildman–Crippen MR) is 126 cm³/mol. The van der Waals surface area contributed by atoms with E-state index < -0.39 is 12.0 Å². The molecule has 10 heteroatoms. The molecule has 7 nitrogen and oxygen atoms in total. The van der Waals surface area contributed by atoms with Crippen LogP contribution in [0, 0.1) is 11.7 Å². The molecule has 1 atom stereocenters. The molecule has 0 bridgehead atoms. The number of thiocarbonyl (C=S) groups is 1. The van der Waals surface area contributed by atoms with E-state index in [1.54, 1.807) is 26.0 Å². The number of carboxylic acids is 1. The molecule has 2 aromatic carbocycles. The molecule has 0 saturated carbocycles. The fourth-order valence-electron chi connectivity index (χ4n) is 3.04. The second-order valence-corrected chi connectivity index (χ2v) is 8.88. The first-order valence-corrected chi connectivity index (χ1v) is 11.0. The van der Waals surface area contributed by atoms with Gasteiger partial charge in [0.15, 0.2) is 10.9 Å². The fraction of sp³-hybridized carbons (Fsp3) is 0.182. The van der Waals surface area contributed by atoms with Crippen LogP contribution in [0.5, 0.6) is 0 Å². The van der Waals surface area contributed by atoms with Crippen molar-refractivity contribution in [1.29, 1.82) is 0 Å². The maximum absolute atomic E-state index is 13.4. The molecular formula is C22H19FN4O3S2. The Kier molecular flexibility index (Phi) is 6.15. The summed E-state index contributed by atoms with van der Waals surface area (Å²) >= 11 is 6.65. The average Bonchev–Trinajstić information content (AvgIpc) is 3.38. The average molecular weight is 471 g/mol. The molecule has 0 aliphatic heterocycles. The third-order valence-electron chi connectivity index (χ3n) is 4.74. The number of carbonyl (C=O) groups is 1. The molecule has 0 amide bonds. The van der Waals surface area contributed by atoms with E-state index in [1.807, 2.05) is 24.3 Å². The summed E-state index contributed by atoms with van der Waals surface area (Å²) in [6.45, 7) is 3.59. The maximum Gasteiger partial charge on any atom is 0.326 e.